The van der Waals surface area contributed by atoms with E-state index in [9.17, 15) is 0 Å². The first kappa shape index (κ1) is 14.2. The zero-order chi connectivity index (χ0) is 14.7. The van der Waals surface area contributed by atoms with E-state index in [4.69, 9.17) is 27.4 Å². The van der Waals surface area contributed by atoms with Crippen molar-refractivity contribution in [3.63, 3.8) is 0 Å². The lowest BCUT2D eigenvalue weighted by atomic mass is 9.99. The lowest BCUT2D eigenvalue weighted by Gasteiger charge is -2.26. The molecule has 2 N–H and O–H groups in total. The molecule has 108 valence electrons. The van der Waals surface area contributed by atoms with Gasteiger partial charge in [0.15, 0.2) is 0 Å². The maximum Gasteiger partial charge on any atom is 0.105 e. The molecule has 0 saturated carbocycles. The van der Waals surface area contributed by atoms with Gasteiger partial charge in [-0.2, -0.15) is 0 Å². The van der Waals surface area contributed by atoms with Crippen molar-refractivity contribution in [1.82, 2.24) is 0 Å². The predicted octanol–water partition coefficient (Wildman–Crippen LogP) is 2.90. The minimum atomic E-state index is 0.250. The molecule has 1 fully saturated rings. The van der Waals surface area contributed by atoms with Crippen LogP contribution in [0.15, 0.2) is 48.5 Å². The zero-order valence-electron chi connectivity index (χ0n) is 11.6. The Morgan fingerprint density at radius 3 is 2.48 bits per heavy atom. The first-order chi connectivity index (χ1) is 10.2. The second-order valence-electron chi connectivity index (χ2n) is 5.08. The van der Waals surface area contributed by atoms with Crippen LogP contribution in [0.4, 0.5) is 0 Å². The molecule has 1 aliphatic rings. The molecule has 2 aromatic carbocycles. The summed E-state index contributed by atoms with van der Waals surface area (Å²) in [4.78, 5) is 0.419. The maximum absolute atomic E-state index is 5.78. The third-order valence-corrected chi connectivity index (χ3v) is 3.77. The molecule has 1 saturated heterocycles. The quantitative estimate of drug-likeness (QED) is 0.862. The van der Waals surface area contributed by atoms with E-state index in [0.29, 0.717) is 24.8 Å². The molecule has 1 heterocycles. The van der Waals surface area contributed by atoms with Crippen LogP contribution in [0.5, 0.6) is 0 Å². The average molecular weight is 299 g/mol. The molecule has 0 bridgehead atoms. The molecule has 4 heteroatoms. The van der Waals surface area contributed by atoms with Gasteiger partial charge in [0.25, 0.3) is 0 Å². The molecule has 0 aromatic heterocycles. The van der Waals surface area contributed by atoms with Crippen molar-refractivity contribution in [1.29, 1.82) is 0 Å². The minimum absolute atomic E-state index is 0.250. The second kappa shape index (κ2) is 6.35. The number of hydrogen-bond donors (Lipinski definition) is 1. The molecule has 3 nitrogen and oxygen atoms in total. The van der Waals surface area contributed by atoms with Gasteiger partial charge < -0.3 is 15.2 Å². The zero-order valence-corrected chi connectivity index (χ0v) is 12.4. The third kappa shape index (κ3) is 3.29. The molecule has 0 atom stereocenters. The number of rotatable bonds is 5. The summed E-state index contributed by atoms with van der Waals surface area (Å²) in [6.07, 6.45) is 0.250. The topological polar surface area (TPSA) is 44.5 Å². The highest BCUT2D eigenvalue weighted by Gasteiger charge is 2.18. The average Bonchev–Trinajstić information content (AvgIpc) is 2.46. The van der Waals surface area contributed by atoms with Crippen LogP contribution in [0.2, 0.25) is 0 Å². The summed E-state index contributed by atoms with van der Waals surface area (Å²) < 4.78 is 10.8. The van der Waals surface area contributed by atoms with Gasteiger partial charge in [0, 0.05) is 5.56 Å². The van der Waals surface area contributed by atoms with Crippen molar-refractivity contribution >= 4 is 17.2 Å². The SMILES string of the molecule is NC(=S)c1ccccc1-c1ccc(COC2COC2)cc1. The Kier molecular flexibility index (Phi) is 4.29. The first-order valence-electron chi connectivity index (χ1n) is 6.91. The Hall–Kier alpha value is -1.75. The van der Waals surface area contributed by atoms with E-state index in [1.54, 1.807) is 0 Å². The minimum Gasteiger partial charge on any atom is -0.389 e. The largest absolute Gasteiger partial charge is 0.389 e. The van der Waals surface area contributed by atoms with Gasteiger partial charge in [0.2, 0.25) is 0 Å². The van der Waals surface area contributed by atoms with E-state index < -0.39 is 0 Å². The van der Waals surface area contributed by atoms with Gasteiger partial charge in [-0.1, -0.05) is 60.7 Å². The number of ether oxygens (including phenoxy) is 2. The van der Waals surface area contributed by atoms with E-state index in [2.05, 4.69) is 24.3 Å². The van der Waals surface area contributed by atoms with Gasteiger partial charge in [-0.25, -0.2) is 0 Å². The van der Waals surface area contributed by atoms with E-state index in [1.165, 1.54) is 0 Å². The summed E-state index contributed by atoms with van der Waals surface area (Å²) in [5.74, 6) is 0. The molecule has 0 unspecified atom stereocenters. The Morgan fingerprint density at radius 2 is 1.86 bits per heavy atom. The molecule has 2 aromatic rings. The van der Waals surface area contributed by atoms with E-state index in [1.807, 2.05) is 24.3 Å². The van der Waals surface area contributed by atoms with Gasteiger partial charge in [0.05, 0.1) is 19.8 Å². The highest BCUT2D eigenvalue weighted by Crippen LogP contribution is 2.24. The highest BCUT2D eigenvalue weighted by molar-refractivity contribution is 7.80. The maximum atomic E-state index is 5.78. The van der Waals surface area contributed by atoms with Crippen LogP contribution in [0, 0.1) is 0 Å². The second-order valence-corrected chi connectivity index (χ2v) is 5.52. The van der Waals surface area contributed by atoms with Crippen LogP contribution < -0.4 is 5.73 Å². The number of hydrogen-bond acceptors (Lipinski definition) is 3. The van der Waals surface area contributed by atoms with Crippen LogP contribution in [-0.4, -0.2) is 24.3 Å². The van der Waals surface area contributed by atoms with Gasteiger partial charge in [-0.05, 0) is 16.7 Å². The Labute approximate surface area is 129 Å². The monoisotopic (exact) mass is 299 g/mol. The molecule has 0 amide bonds. The van der Waals surface area contributed by atoms with Gasteiger partial charge in [-0.15, -0.1) is 0 Å². The molecule has 0 aliphatic carbocycles. The van der Waals surface area contributed by atoms with Crippen molar-refractivity contribution < 1.29 is 9.47 Å². The molecule has 1 aliphatic heterocycles. The molecule has 21 heavy (non-hydrogen) atoms. The molecular formula is C17H17NO2S. The third-order valence-electron chi connectivity index (χ3n) is 3.55. The van der Waals surface area contributed by atoms with Crippen LogP contribution in [0.3, 0.4) is 0 Å². The molecule has 3 rings (SSSR count). The van der Waals surface area contributed by atoms with Crippen LogP contribution in [-0.2, 0) is 16.1 Å². The standard InChI is InChI=1S/C17H17NO2S/c18-17(21)16-4-2-1-3-15(16)13-7-5-12(6-8-13)9-20-14-10-19-11-14/h1-8,14H,9-11H2,(H2,18,21). The Morgan fingerprint density at radius 1 is 1.14 bits per heavy atom. The summed E-state index contributed by atoms with van der Waals surface area (Å²) in [5, 5.41) is 0. The fourth-order valence-corrected chi connectivity index (χ4v) is 2.43. The van der Waals surface area contributed by atoms with Crippen LogP contribution in [0.1, 0.15) is 11.1 Å². The number of nitrogens with two attached hydrogens (primary N) is 1. The molecule has 0 radical (unpaired) electrons. The summed E-state index contributed by atoms with van der Waals surface area (Å²) in [7, 11) is 0. The smallest absolute Gasteiger partial charge is 0.105 e. The highest BCUT2D eigenvalue weighted by atomic mass is 32.1. The van der Waals surface area contributed by atoms with Gasteiger partial charge in [0.1, 0.15) is 11.1 Å². The van der Waals surface area contributed by atoms with E-state index in [-0.39, 0.29) is 6.10 Å². The summed E-state index contributed by atoms with van der Waals surface area (Å²) in [6, 6.07) is 16.2. The first-order valence-corrected chi connectivity index (χ1v) is 7.32. The number of thiocarbonyl (C=S) groups is 1. The van der Waals surface area contributed by atoms with Crippen molar-refractivity contribution in [2.75, 3.05) is 13.2 Å². The molecular weight excluding hydrogens is 282 g/mol. The lowest BCUT2D eigenvalue weighted by Crippen LogP contribution is -2.35. The Balaban J connectivity index is 1.75. The summed E-state index contributed by atoms with van der Waals surface area (Å²) in [6.45, 7) is 2.03. The van der Waals surface area contributed by atoms with E-state index in [0.717, 1.165) is 22.3 Å². The summed E-state index contributed by atoms with van der Waals surface area (Å²) in [5.41, 5.74) is 10.0. The summed E-state index contributed by atoms with van der Waals surface area (Å²) >= 11 is 5.11. The van der Waals surface area contributed by atoms with Crippen LogP contribution >= 0.6 is 12.2 Å². The fraction of sp³-hybridized carbons (Fsp3) is 0.235. The van der Waals surface area contributed by atoms with E-state index >= 15 is 0 Å². The normalized spacial score (nSPS) is 14.7. The molecule has 0 spiro atoms. The predicted molar refractivity (Wildman–Crippen MR) is 87.2 cm³/mol. The van der Waals surface area contributed by atoms with Crippen LogP contribution in [0.25, 0.3) is 11.1 Å². The van der Waals surface area contributed by atoms with Crippen molar-refractivity contribution in [2.45, 2.75) is 12.7 Å². The number of benzene rings is 2. The van der Waals surface area contributed by atoms with Crippen molar-refractivity contribution in [3.8, 4) is 11.1 Å². The van der Waals surface area contributed by atoms with Gasteiger partial charge >= 0.3 is 0 Å². The van der Waals surface area contributed by atoms with Gasteiger partial charge in [-0.3, -0.25) is 0 Å². The van der Waals surface area contributed by atoms with Crippen molar-refractivity contribution in [2.24, 2.45) is 5.73 Å². The lowest BCUT2D eigenvalue weighted by molar-refractivity contribution is -0.135. The Bertz CT molecular complexity index is 635. The fourth-order valence-electron chi connectivity index (χ4n) is 2.25. The van der Waals surface area contributed by atoms with Crippen molar-refractivity contribution in [3.05, 3.63) is 59.7 Å².